The maximum atomic E-state index is 13.5. The van der Waals surface area contributed by atoms with Crippen molar-refractivity contribution in [1.29, 1.82) is 0 Å². The summed E-state index contributed by atoms with van der Waals surface area (Å²) >= 11 is 7.37. The van der Waals surface area contributed by atoms with E-state index in [1.165, 1.54) is 17.4 Å². The Hall–Kier alpha value is -1.23. The van der Waals surface area contributed by atoms with Gasteiger partial charge in [-0.3, -0.25) is 9.69 Å². The van der Waals surface area contributed by atoms with E-state index in [0.29, 0.717) is 18.7 Å². The van der Waals surface area contributed by atoms with Gasteiger partial charge >= 0.3 is 0 Å². The molecular formula is C15H15ClFNOS. The van der Waals surface area contributed by atoms with Crippen molar-refractivity contribution >= 4 is 28.7 Å². The van der Waals surface area contributed by atoms with Gasteiger partial charge < -0.3 is 0 Å². The lowest BCUT2D eigenvalue weighted by molar-refractivity contribution is -0.119. The highest BCUT2D eigenvalue weighted by molar-refractivity contribution is 7.16. The molecule has 0 fully saturated rings. The van der Waals surface area contributed by atoms with E-state index in [-0.39, 0.29) is 18.0 Å². The van der Waals surface area contributed by atoms with Crippen molar-refractivity contribution in [2.45, 2.75) is 13.0 Å². The maximum Gasteiger partial charge on any atom is 0.151 e. The highest BCUT2D eigenvalue weighted by atomic mass is 35.5. The van der Waals surface area contributed by atoms with Crippen molar-refractivity contribution in [3.05, 3.63) is 57.0 Å². The molecule has 0 unspecified atom stereocenters. The Labute approximate surface area is 126 Å². The van der Waals surface area contributed by atoms with E-state index in [2.05, 4.69) is 0 Å². The summed E-state index contributed by atoms with van der Waals surface area (Å²) in [6, 6.07) is 10.2. The van der Waals surface area contributed by atoms with Crippen molar-refractivity contribution in [3.8, 4) is 0 Å². The van der Waals surface area contributed by atoms with Crippen LogP contribution in [-0.2, 0) is 17.8 Å². The average molecular weight is 312 g/mol. The van der Waals surface area contributed by atoms with Gasteiger partial charge in [0.1, 0.15) is 5.82 Å². The first kappa shape index (κ1) is 15.2. The lowest BCUT2D eigenvalue weighted by Gasteiger charge is -2.14. The topological polar surface area (TPSA) is 20.3 Å². The Morgan fingerprint density at radius 2 is 2.05 bits per heavy atom. The number of hydrogen-bond donors (Lipinski definition) is 0. The summed E-state index contributed by atoms with van der Waals surface area (Å²) in [6.45, 7) is 0.963. The van der Waals surface area contributed by atoms with Crippen LogP contribution in [0.4, 0.5) is 4.39 Å². The van der Waals surface area contributed by atoms with E-state index < -0.39 is 0 Å². The number of thiophene rings is 1. The molecule has 5 heteroatoms. The van der Waals surface area contributed by atoms with Crippen molar-refractivity contribution in [1.82, 2.24) is 4.90 Å². The number of rotatable bonds is 6. The van der Waals surface area contributed by atoms with Gasteiger partial charge in [0.25, 0.3) is 0 Å². The van der Waals surface area contributed by atoms with E-state index >= 15 is 0 Å². The summed E-state index contributed by atoms with van der Waals surface area (Å²) < 4.78 is 14.2. The van der Waals surface area contributed by atoms with Gasteiger partial charge in [0.15, 0.2) is 5.78 Å². The van der Waals surface area contributed by atoms with Crippen LogP contribution in [0.2, 0.25) is 4.34 Å². The molecule has 0 bridgehead atoms. The minimum atomic E-state index is -0.325. The van der Waals surface area contributed by atoms with Crippen molar-refractivity contribution in [2.24, 2.45) is 0 Å². The van der Waals surface area contributed by atoms with E-state index in [1.807, 2.05) is 24.1 Å². The lowest BCUT2D eigenvalue weighted by Crippen LogP contribution is -2.26. The highest BCUT2D eigenvalue weighted by Crippen LogP contribution is 2.22. The molecule has 1 aromatic carbocycles. The third-order valence-electron chi connectivity index (χ3n) is 2.85. The number of nitrogens with zero attached hydrogens (tertiary/aromatic N) is 1. The molecule has 0 saturated carbocycles. The predicted molar refractivity (Wildman–Crippen MR) is 80.8 cm³/mol. The van der Waals surface area contributed by atoms with Gasteiger partial charge in [-0.05, 0) is 30.8 Å². The third kappa shape index (κ3) is 4.40. The van der Waals surface area contributed by atoms with E-state index in [9.17, 15) is 9.18 Å². The predicted octanol–water partition coefficient (Wildman–Crippen LogP) is 3.78. The summed E-state index contributed by atoms with van der Waals surface area (Å²) in [5.74, 6) is -0.325. The molecule has 2 aromatic rings. The van der Waals surface area contributed by atoms with Crippen molar-refractivity contribution in [2.75, 3.05) is 13.6 Å². The number of hydrogen-bond acceptors (Lipinski definition) is 3. The zero-order valence-corrected chi connectivity index (χ0v) is 12.7. The van der Waals surface area contributed by atoms with Crippen LogP contribution in [-0.4, -0.2) is 24.3 Å². The lowest BCUT2D eigenvalue weighted by atomic mass is 10.1. The zero-order chi connectivity index (χ0) is 14.5. The molecule has 0 atom stereocenters. The average Bonchev–Trinajstić information content (AvgIpc) is 2.77. The Morgan fingerprint density at radius 3 is 2.70 bits per heavy atom. The highest BCUT2D eigenvalue weighted by Gasteiger charge is 2.11. The second kappa shape index (κ2) is 6.97. The van der Waals surface area contributed by atoms with Crippen molar-refractivity contribution in [3.63, 3.8) is 0 Å². The summed E-state index contributed by atoms with van der Waals surface area (Å²) in [5, 5.41) is 0. The minimum Gasteiger partial charge on any atom is -0.298 e. The van der Waals surface area contributed by atoms with Crippen LogP contribution in [0.15, 0.2) is 36.4 Å². The molecule has 0 spiro atoms. The number of benzene rings is 1. The fourth-order valence-electron chi connectivity index (χ4n) is 1.97. The van der Waals surface area contributed by atoms with Crippen LogP contribution >= 0.6 is 22.9 Å². The number of carbonyl (C=O) groups is 1. The molecule has 0 aliphatic heterocycles. The first-order chi connectivity index (χ1) is 9.54. The number of Topliss-reactive ketones (excluding diaryl/α,β-unsaturated/α-hetero) is 1. The molecule has 0 saturated heterocycles. The molecule has 0 N–H and O–H groups in total. The molecule has 20 heavy (non-hydrogen) atoms. The molecule has 1 heterocycles. The smallest absolute Gasteiger partial charge is 0.151 e. The number of carbonyl (C=O) groups excluding carboxylic acids is 1. The van der Waals surface area contributed by atoms with Gasteiger partial charge in [-0.15, -0.1) is 11.3 Å². The molecule has 0 amide bonds. The number of ketones is 1. The monoisotopic (exact) mass is 311 g/mol. The standard InChI is InChI=1S/C15H15ClFNOS/c1-18(10-13-6-7-15(16)20-13)9-12(19)8-11-4-2-3-5-14(11)17/h2-7H,8-10H2,1H3. The fraction of sp³-hybridized carbons (Fsp3) is 0.267. The van der Waals surface area contributed by atoms with Crippen LogP contribution in [0.3, 0.4) is 0 Å². The molecule has 0 radical (unpaired) electrons. The third-order valence-corrected chi connectivity index (χ3v) is 4.06. The summed E-state index contributed by atoms with van der Waals surface area (Å²) in [4.78, 5) is 15.0. The van der Waals surface area contributed by atoms with E-state index in [1.54, 1.807) is 18.2 Å². The Balaban J connectivity index is 1.86. The van der Waals surface area contributed by atoms with Gasteiger partial charge in [0, 0.05) is 17.8 Å². The molecule has 106 valence electrons. The van der Waals surface area contributed by atoms with E-state index in [0.717, 1.165) is 9.21 Å². The molecule has 0 aliphatic rings. The van der Waals surface area contributed by atoms with Gasteiger partial charge in [0.2, 0.25) is 0 Å². The summed E-state index contributed by atoms with van der Waals surface area (Å²) in [7, 11) is 1.87. The van der Waals surface area contributed by atoms with Gasteiger partial charge in [0.05, 0.1) is 10.9 Å². The molecular weight excluding hydrogens is 297 g/mol. The summed E-state index contributed by atoms with van der Waals surface area (Å²) in [6.07, 6.45) is 0.127. The normalized spacial score (nSPS) is 11.0. The maximum absolute atomic E-state index is 13.5. The first-order valence-electron chi connectivity index (χ1n) is 6.22. The van der Waals surface area contributed by atoms with Gasteiger partial charge in [-0.25, -0.2) is 4.39 Å². The second-order valence-electron chi connectivity index (χ2n) is 4.68. The molecule has 2 rings (SSSR count). The van der Waals surface area contributed by atoms with Crippen LogP contribution in [0.5, 0.6) is 0 Å². The van der Waals surface area contributed by atoms with Crippen LogP contribution in [0.1, 0.15) is 10.4 Å². The quantitative estimate of drug-likeness (QED) is 0.809. The van der Waals surface area contributed by atoms with Gasteiger partial charge in [-0.1, -0.05) is 29.8 Å². The van der Waals surface area contributed by atoms with Crippen LogP contribution < -0.4 is 0 Å². The molecule has 2 nitrogen and oxygen atoms in total. The Kier molecular flexibility index (Phi) is 5.29. The minimum absolute atomic E-state index is 0.000234. The summed E-state index contributed by atoms with van der Waals surface area (Å²) in [5.41, 5.74) is 0.449. The van der Waals surface area contributed by atoms with Crippen LogP contribution in [0.25, 0.3) is 0 Å². The number of likely N-dealkylation sites (N-methyl/N-ethyl adjacent to an activating group) is 1. The Morgan fingerprint density at radius 1 is 1.30 bits per heavy atom. The molecule has 0 aliphatic carbocycles. The van der Waals surface area contributed by atoms with Gasteiger partial charge in [-0.2, -0.15) is 0 Å². The zero-order valence-electron chi connectivity index (χ0n) is 11.1. The van der Waals surface area contributed by atoms with Crippen LogP contribution in [0, 0.1) is 5.82 Å². The fourth-order valence-corrected chi connectivity index (χ4v) is 3.14. The number of halogens is 2. The largest absolute Gasteiger partial charge is 0.298 e. The van der Waals surface area contributed by atoms with E-state index in [4.69, 9.17) is 11.6 Å². The van der Waals surface area contributed by atoms with Crippen molar-refractivity contribution < 1.29 is 9.18 Å². The first-order valence-corrected chi connectivity index (χ1v) is 7.42. The SMILES string of the molecule is CN(CC(=O)Cc1ccccc1F)Cc1ccc(Cl)s1. The second-order valence-corrected chi connectivity index (χ2v) is 6.48. The Bertz CT molecular complexity index is 599. The molecule has 1 aromatic heterocycles.